The molecule has 1 aromatic carbocycles. The van der Waals surface area contributed by atoms with Gasteiger partial charge in [-0.2, -0.15) is 13.2 Å². The summed E-state index contributed by atoms with van der Waals surface area (Å²) >= 11 is 0. The van der Waals surface area contributed by atoms with Gasteiger partial charge in [0.15, 0.2) is 0 Å². The molecule has 7 heteroatoms. The van der Waals surface area contributed by atoms with E-state index in [0.717, 1.165) is 12.1 Å². The molecule has 1 unspecified atom stereocenters. The van der Waals surface area contributed by atoms with Crippen LogP contribution >= 0.6 is 0 Å². The standard InChI is InChI=1S/C10H9F4NO2/c11-7-3-1-2-5(6(4-15)9(16)17)8(7)10(12,13)14/h1-3,6H,4,15H2,(H,16,17). The predicted octanol–water partition coefficient (Wildman–Crippen LogP) is 1.97. The minimum atomic E-state index is -4.95. The van der Waals surface area contributed by atoms with Crippen LogP contribution in [-0.4, -0.2) is 17.6 Å². The van der Waals surface area contributed by atoms with Gasteiger partial charge in [-0.05, 0) is 11.6 Å². The van der Waals surface area contributed by atoms with Crippen LogP contribution in [0.15, 0.2) is 18.2 Å². The van der Waals surface area contributed by atoms with E-state index in [2.05, 4.69) is 0 Å². The minimum Gasteiger partial charge on any atom is -0.481 e. The van der Waals surface area contributed by atoms with Crippen molar-refractivity contribution in [1.29, 1.82) is 0 Å². The molecule has 1 aromatic rings. The van der Waals surface area contributed by atoms with Gasteiger partial charge in [-0.1, -0.05) is 12.1 Å². The molecule has 3 nitrogen and oxygen atoms in total. The smallest absolute Gasteiger partial charge is 0.419 e. The zero-order chi connectivity index (χ0) is 13.2. The average Bonchev–Trinajstić information content (AvgIpc) is 2.15. The van der Waals surface area contributed by atoms with Crippen molar-refractivity contribution in [2.24, 2.45) is 5.73 Å². The van der Waals surface area contributed by atoms with Gasteiger partial charge >= 0.3 is 12.1 Å². The van der Waals surface area contributed by atoms with E-state index in [0.29, 0.717) is 6.07 Å². The van der Waals surface area contributed by atoms with Crippen LogP contribution in [0.2, 0.25) is 0 Å². The van der Waals surface area contributed by atoms with E-state index in [4.69, 9.17) is 10.8 Å². The molecule has 0 amide bonds. The zero-order valence-electron chi connectivity index (χ0n) is 8.46. The largest absolute Gasteiger partial charge is 0.481 e. The third kappa shape index (κ3) is 2.73. The second-order valence-corrected chi connectivity index (χ2v) is 3.33. The fourth-order valence-corrected chi connectivity index (χ4v) is 1.49. The van der Waals surface area contributed by atoms with Gasteiger partial charge < -0.3 is 10.8 Å². The topological polar surface area (TPSA) is 63.3 Å². The molecule has 0 aliphatic rings. The Morgan fingerprint density at radius 2 is 2.00 bits per heavy atom. The summed E-state index contributed by atoms with van der Waals surface area (Å²) in [4.78, 5) is 10.8. The predicted molar refractivity (Wildman–Crippen MR) is 50.8 cm³/mol. The van der Waals surface area contributed by atoms with Gasteiger partial charge in [0, 0.05) is 6.54 Å². The monoisotopic (exact) mass is 251 g/mol. The maximum absolute atomic E-state index is 13.2. The lowest BCUT2D eigenvalue weighted by atomic mass is 9.93. The first kappa shape index (κ1) is 13.4. The molecule has 1 rings (SSSR count). The van der Waals surface area contributed by atoms with Crippen molar-refractivity contribution in [2.75, 3.05) is 6.54 Å². The number of hydrogen-bond acceptors (Lipinski definition) is 2. The van der Waals surface area contributed by atoms with E-state index >= 15 is 0 Å². The minimum absolute atomic E-state index is 0.540. The second-order valence-electron chi connectivity index (χ2n) is 3.33. The first-order valence-electron chi connectivity index (χ1n) is 4.57. The Morgan fingerprint density at radius 3 is 2.41 bits per heavy atom. The van der Waals surface area contributed by atoms with E-state index in [-0.39, 0.29) is 0 Å². The summed E-state index contributed by atoms with van der Waals surface area (Å²) in [5, 5.41) is 8.74. The normalized spacial score (nSPS) is 13.5. The lowest BCUT2D eigenvalue weighted by Crippen LogP contribution is -2.25. The highest BCUT2D eigenvalue weighted by Crippen LogP contribution is 2.36. The first-order chi connectivity index (χ1) is 7.79. The summed E-state index contributed by atoms with van der Waals surface area (Å²) < 4.78 is 50.9. The Kier molecular flexibility index (Phi) is 3.72. The number of halogens is 4. The van der Waals surface area contributed by atoms with E-state index in [1.165, 1.54) is 0 Å². The lowest BCUT2D eigenvalue weighted by molar-refractivity contribution is -0.142. The van der Waals surface area contributed by atoms with Gasteiger partial charge in [-0.3, -0.25) is 4.79 Å². The van der Waals surface area contributed by atoms with Crippen molar-refractivity contribution in [1.82, 2.24) is 0 Å². The maximum Gasteiger partial charge on any atom is 0.419 e. The third-order valence-electron chi connectivity index (χ3n) is 2.24. The molecular weight excluding hydrogens is 242 g/mol. The van der Waals surface area contributed by atoms with E-state index in [1.807, 2.05) is 0 Å². The molecule has 17 heavy (non-hydrogen) atoms. The quantitative estimate of drug-likeness (QED) is 0.807. The Labute approximate surface area is 93.8 Å². The molecule has 0 saturated heterocycles. The molecule has 0 radical (unpaired) electrons. The Morgan fingerprint density at radius 1 is 1.41 bits per heavy atom. The number of carboxylic acids is 1. The molecular formula is C10H9F4NO2. The van der Waals surface area contributed by atoms with Gasteiger partial charge in [-0.25, -0.2) is 4.39 Å². The first-order valence-corrected chi connectivity index (χ1v) is 4.57. The Balaban J connectivity index is 3.43. The summed E-state index contributed by atoms with van der Waals surface area (Å²) in [6, 6.07) is 2.56. The third-order valence-corrected chi connectivity index (χ3v) is 2.24. The van der Waals surface area contributed by atoms with E-state index in [9.17, 15) is 22.4 Å². The fraction of sp³-hybridized carbons (Fsp3) is 0.300. The molecule has 0 aromatic heterocycles. The number of nitrogens with two attached hydrogens (primary N) is 1. The van der Waals surface area contributed by atoms with Crippen LogP contribution in [0.25, 0.3) is 0 Å². The number of hydrogen-bond donors (Lipinski definition) is 2. The molecule has 1 atom stereocenters. The van der Waals surface area contributed by atoms with E-state index < -0.39 is 41.6 Å². The molecule has 0 heterocycles. The van der Waals surface area contributed by atoms with Crippen LogP contribution in [-0.2, 0) is 11.0 Å². The summed E-state index contributed by atoms with van der Waals surface area (Å²) in [6.07, 6.45) is -4.95. The van der Waals surface area contributed by atoms with E-state index in [1.54, 1.807) is 0 Å². The van der Waals surface area contributed by atoms with Crippen molar-refractivity contribution in [3.63, 3.8) is 0 Å². The van der Waals surface area contributed by atoms with Crippen molar-refractivity contribution in [2.45, 2.75) is 12.1 Å². The molecule has 0 saturated carbocycles. The van der Waals surface area contributed by atoms with Crippen molar-refractivity contribution in [3.05, 3.63) is 35.1 Å². The second kappa shape index (κ2) is 4.70. The van der Waals surface area contributed by atoms with Crippen LogP contribution in [0.5, 0.6) is 0 Å². The molecule has 3 N–H and O–H groups in total. The Bertz CT molecular complexity index is 431. The van der Waals surface area contributed by atoms with Crippen molar-refractivity contribution >= 4 is 5.97 Å². The number of carboxylic acid groups (broad SMARTS) is 1. The van der Waals surface area contributed by atoms with Gasteiger partial charge in [0.05, 0.1) is 11.5 Å². The zero-order valence-corrected chi connectivity index (χ0v) is 8.46. The summed E-state index contributed by atoms with van der Waals surface area (Å²) in [6.45, 7) is -0.540. The van der Waals surface area contributed by atoms with Crippen molar-refractivity contribution in [3.8, 4) is 0 Å². The van der Waals surface area contributed by atoms with Gasteiger partial charge in [0.2, 0.25) is 0 Å². The lowest BCUT2D eigenvalue weighted by Gasteiger charge is -2.17. The van der Waals surface area contributed by atoms with Crippen molar-refractivity contribution < 1.29 is 27.5 Å². The SMILES string of the molecule is NCC(C(=O)O)c1cccc(F)c1C(F)(F)F. The van der Waals surface area contributed by atoms with Gasteiger partial charge in [0.1, 0.15) is 5.82 Å². The highest BCUT2D eigenvalue weighted by Gasteiger charge is 2.39. The maximum atomic E-state index is 13.2. The number of rotatable bonds is 3. The molecule has 94 valence electrons. The van der Waals surface area contributed by atoms with Crippen LogP contribution in [0.4, 0.5) is 17.6 Å². The van der Waals surface area contributed by atoms with Crippen LogP contribution in [0, 0.1) is 5.82 Å². The number of alkyl halides is 3. The van der Waals surface area contributed by atoms with Crippen LogP contribution in [0.1, 0.15) is 17.0 Å². The highest BCUT2D eigenvalue weighted by atomic mass is 19.4. The fourth-order valence-electron chi connectivity index (χ4n) is 1.49. The number of aliphatic carboxylic acids is 1. The van der Waals surface area contributed by atoms with Crippen LogP contribution in [0.3, 0.4) is 0 Å². The van der Waals surface area contributed by atoms with Crippen LogP contribution < -0.4 is 5.73 Å². The summed E-state index contributed by atoms with van der Waals surface area (Å²) in [5.41, 5.74) is 2.87. The Hall–Kier alpha value is -1.63. The average molecular weight is 251 g/mol. The number of benzene rings is 1. The molecule has 0 bridgehead atoms. The van der Waals surface area contributed by atoms with Gasteiger partial charge in [0.25, 0.3) is 0 Å². The molecule has 0 fully saturated rings. The number of carbonyl (C=O) groups is 1. The summed E-state index contributed by atoms with van der Waals surface area (Å²) in [7, 11) is 0. The molecule has 0 aliphatic carbocycles. The van der Waals surface area contributed by atoms with Gasteiger partial charge in [-0.15, -0.1) is 0 Å². The molecule has 0 spiro atoms. The molecule has 0 aliphatic heterocycles. The highest BCUT2D eigenvalue weighted by molar-refractivity contribution is 5.77. The summed E-state index contributed by atoms with van der Waals surface area (Å²) in [5.74, 6) is -4.61.